The zero-order valence-electron chi connectivity index (χ0n) is 14.9. The smallest absolute Gasteiger partial charge is 0.251 e. The molecule has 1 N–H and O–H groups in total. The third-order valence-electron chi connectivity index (χ3n) is 5.12. The Morgan fingerprint density at radius 3 is 2.38 bits per heavy atom. The number of carbonyl (C=O) groups is 1. The highest BCUT2D eigenvalue weighted by Crippen LogP contribution is 2.21. The molecular weight excluding hydrogens is 328 g/mol. The molecular formula is C20H24N4O2. The van der Waals surface area contributed by atoms with Gasteiger partial charge in [0.15, 0.2) is 5.82 Å². The van der Waals surface area contributed by atoms with Gasteiger partial charge in [-0.1, -0.05) is 25.0 Å². The Labute approximate surface area is 153 Å². The lowest BCUT2D eigenvalue weighted by Gasteiger charge is -2.27. The molecule has 4 rings (SSSR count). The maximum absolute atomic E-state index is 12.3. The molecule has 1 aliphatic carbocycles. The van der Waals surface area contributed by atoms with E-state index in [1.165, 1.54) is 12.8 Å². The largest absolute Gasteiger partial charge is 0.378 e. The predicted octanol–water partition coefficient (Wildman–Crippen LogP) is 2.65. The summed E-state index contributed by atoms with van der Waals surface area (Å²) in [5.74, 6) is 0.891. The molecule has 1 saturated heterocycles. The first-order chi connectivity index (χ1) is 12.8. The van der Waals surface area contributed by atoms with E-state index in [1.807, 2.05) is 36.4 Å². The molecule has 26 heavy (non-hydrogen) atoms. The number of rotatable bonds is 4. The van der Waals surface area contributed by atoms with Crippen LogP contribution in [0.25, 0.3) is 11.3 Å². The van der Waals surface area contributed by atoms with Crippen LogP contribution in [0.2, 0.25) is 0 Å². The summed E-state index contributed by atoms with van der Waals surface area (Å²) in [5, 5.41) is 11.8. The number of aromatic nitrogens is 2. The molecule has 136 valence electrons. The molecule has 1 aliphatic heterocycles. The summed E-state index contributed by atoms with van der Waals surface area (Å²) in [6.45, 7) is 3.15. The average molecular weight is 352 g/mol. The summed E-state index contributed by atoms with van der Waals surface area (Å²) >= 11 is 0. The van der Waals surface area contributed by atoms with Crippen molar-refractivity contribution in [2.45, 2.75) is 31.7 Å². The van der Waals surface area contributed by atoms with Gasteiger partial charge < -0.3 is 15.0 Å². The molecule has 2 fully saturated rings. The molecule has 6 nitrogen and oxygen atoms in total. The van der Waals surface area contributed by atoms with Crippen LogP contribution in [-0.4, -0.2) is 48.4 Å². The van der Waals surface area contributed by atoms with E-state index in [2.05, 4.69) is 20.4 Å². The Balaban J connectivity index is 1.42. The number of amides is 1. The number of morpholine rings is 1. The normalized spacial score (nSPS) is 18.1. The van der Waals surface area contributed by atoms with Gasteiger partial charge in [-0.25, -0.2) is 0 Å². The van der Waals surface area contributed by atoms with Crippen LogP contribution in [0.3, 0.4) is 0 Å². The monoisotopic (exact) mass is 352 g/mol. The molecule has 2 aromatic rings. The first-order valence-corrected chi connectivity index (χ1v) is 9.37. The van der Waals surface area contributed by atoms with Crippen molar-refractivity contribution >= 4 is 11.7 Å². The van der Waals surface area contributed by atoms with Gasteiger partial charge in [0.25, 0.3) is 5.91 Å². The Kier molecular flexibility index (Phi) is 5.11. The number of hydrogen-bond donors (Lipinski definition) is 1. The topological polar surface area (TPSA) is 67.4 Å². The third kappa shape index (κ3) is 3.85. The molecule has 0 spiro atoms. The molecule has 1 aromatic carbocycles. The highest BCUT2D eigenvalue weighted by molar-refractivity contribution is 5.94. The van der Waals surface area contributed by atoms with E-state index in [0.29, 0.717) is 11.6 Å². The van der Waals surface area contributed by atoms with Crippen LogP contribution in [0.1, 0.15) is 36.0 Å². The lowest BCUT2D eigenvalue weighted by molar-refractivity contribution is 0.0938. The fraction of sp³-hybridized carbons (Fsp3) is 0.450. The number of carbonyl (C=O) groups excluding carboxylic acids is 1. The van der Waals surface area contributed by atoms with E-state index in [-0.39, 0.29) is 5.91 Å². The second-order valence-corrected chi connectivity index (χ2v) is 6.91. The quantitative estimate of drug-likeness (QED) is 0.916. The molecule has 1 amide bonds. The van der Waals surface area contributed by atoms with Crippen LogP contribution in [0.4, 0.5) is 5.82 Å². The van der Waals surface area contributed by atoms with E-state index in [4.69, 9.17) is 4.74 Å². The minimum Gasteiger partial charge on any atom is -0.378 e. The molecule has 2 heterocycles. The molecule has 1 saturated carbocycles. The van der Waals surface area contributed by atoms with Crippen molar-refractivity contribution in [2.24, 2.45) is 0 Å². The lowest BCUT2D eigenvalue weighted by Crippen LogP contribution is -2.36. The molecule has 6 heteroatoms. The van der Waals surface area contributed by atoms with E-state index in [1.54, 1.807) is 0 Å². The Morgan fingerprint density at radius 2 is 1.73 bits per heavy atom. The van der Waals surface area contributed by atoms with Gasteiger partial charge in [0.2, 0.25) is 0 Å². The van der Waals surface area contributed by atoms with Crippen LogP contribution in [0, 0.1) is 0 Å². The number of ether oxygens (including phenoxy) is 1. The molecule has 0 radical (unpaired) electrons. The van der Waals surface area contributed by atoms with Crippen molar-refractivity contribution in [3.8, 4) is 11.3 Å². The standard InChI is InChI=1S/C20H24N4O2/c25-20(21-17-3-1-2-4-17)16-7-5-15(6-8-16)18-9-10-19(23-22-18)24-11-13-26-14-12-24/h5-10,17H,1-4,11-14H2,(H,21,25). The SMILES string of the molecule is O=C(NC1CCCC1)c1ccc(-c2ccc(N3CCOCC3)nn2)cc1. The Hall–Kier alpha value is -2.47. The summed E-state index contributed by atoms with van der Waals surface area (Å²) in [7, 11) is 0. The van der Waals surface area contributed by atoms with Crippen LogP contribution in [0.15, 0.2) is 36.4 Å². The van der Waals surface area contributed by atoms with Gasteiger partial charge in [-0.05, 0) is 37.1 Å². The number of nitrogens with zero attached hydrogens (tertiary/aromatic N) is 3. The van der Waals surface area contributed by atoms with E-state index in [0.717, 1.165) is 56.2 Å². The summed E-state index contributed by atoms with van der Waals surface area (Å²) in [4.78, 5) is 14.5. The maximum Gasteiger partial charge on any atom is 0.251 e. The van der Waals surface area contributed by atoms with E-state index < -0.39 is 0 Å². The fourth-order valence-electron chi connectivity index (χ4n) is 3.57. The summed E-state index contributed by atoms with van der Waals surface area (Å²) in [5.41, 5.74) is 2.46. The maximum atomic E-state index is 12.3. The summed E-state index contributed by atoms with van der Waals surface area (Å²) < 4.78 is 5.36. The Bertz CT molecular complexity index is 733. The molecule has 2 aliphatic rings. The lowest BCUT2D eigenvalue weighted by atomic mass is 10.1. The predicted molar refractivity (Wildman–Crippen MR) is 100 cm³/mol. The van der Waals surface area contributed by atoms with Gasteiger partial charge in [-0.2, -0.15) is 0 Å². The van der Waals surface area contributed by atoms with Gasteiger partial charge in [-0.15, -0.1) is 10.2 Å². The second-order valence-electron chi connectivity index (χ2n) is 6.91. The number of nitrogens with one attached hydrogen (secondary N) is 1. The van der Waals surface area contributed by atoms with Gasteiger partial charge >= 0.3 is 0 Å². The minimum absolute atomic E-state index is 0.0113. The van der Waals surface area contributed by atoms with E-state index in [9.17, 15) is 4.79 Å². The Morgan fingerprint density at radius 1 is 1.00 bits per heavy atom. The van der Waals surface area contributed by atoms with Crippen molar-refractivity contribution in [2.75, 3.05) is 31.2 Å². The first-order valence-electron chi connectivity index (χ1n) is 9.37. The van der Waals surface area contributed by atoms with E-state index >= 15 is 0 Å². The number of hydrogen-bond acceptors (Lipinski definition) is 5. The van der Waals surface area contributed by atoms with Gasteiger partial charge in [0.1, 0.15) is 0 Å². The first kappa shape index (κ1) is 17.0. The summed E-state index contributed by atoms with van der Waals surface area (Å²) in [6.07, 6.45) is 4.61. The minimum atomic E-state index is 0.0113. The van der Waals surface area contributed by atoms with Gasteiger partial charge in [-0.3, -0.25) is 4.79 Å². The van der Waals surface area contributed by atoms with Crippen LogP contribution in [0.5, 0.6) is 0 Å². The van der Waals surface area contributed by atoms with Crippen molar-refractivity contribution < 1.29 is 9.53 Å². The van der Waals surface area contributed by atoms with Crippen LogP contribution >= 0.6 is 0 Å². The third-order valence-corrected chi connectivity index (χ3v) is 5.12. The van der Waals surface area contributed by atoms with Crippen LogP contribution in [-0.2, 0) is 4.74 Å². The number of benzene rings is 1. The molecule has 1 aromatic heterocycles. The molecule has 0 unspecified atom stereocenters. The van der Waals surface area contributed by atoms with Crippen molar-refractivity contribution in [1.29, 1.82) is 0 Å². The van der Waals surface area contributed by atoms with Gasteiger partial charge in [0, 0.05) is 30.3 Å². The number of anilines is 1. The van der Waals surface area contributed by atoms with Gasteiger partial charge in [0.05, 0.1) is 18.9 Å². The highest BCUT2D eigenvalue weighted by atomic mass is 16.5. The fourth-order valence-corrected chi connectivity index (χ4v) is 3.57. The molecule has 0 atom stereocenters. The van der Waals surface area contributed by atoms with Crippen molar-refractivity contribution in [3.05, 3.63) is 42.0 Å². The zero-order valence-corrected chi connectivity index (χ0v) is 14.9. The molecule has 0 bridgehead atoms. The second kappa shape index (κ2) is 7.83. The average Bonchev–Trinajstić information content (AvgIpc) is 3.22. The summed E-state index contributed by atoms with van der Waals surface area (Å²) in [6, 6.07) is 11.9. The van der Waals surface area contributed by atoms with Crippen molar-refractivity contribution in [1.82, 2.24) is 15.5 Å². The van der Waals surface area contributed by atoms with Crippen molar-refractivity contribution in [3.63, 3.8) is 0 Å². The zero-order chi connectivity index (χ0) is 17.8. The highest BCUT2D eigenvalue weighted by Gasteiger charge is 2.18. The van der Waals surface area contributed by atoms with Crippen LogP contribution < -0.4 is 10.2 Å².